The Kier molecular flexibility index (Phi) is 4.59. The zero-order chi connectivity index (χ0) is 13.1. The third-order valence-corrected chi connectivity index (χ3v) is 3.77. The van der Waals surface area contributed by atoms with E-state index < -0.39 is 0 Å². The predicted octanol–water partition coefficient (Wildman–Crippen LogP) is 4.36. The molecule has 18 heavy (non-hydrogen) atoms. The van der Waals surface area contributed by atoms with Gasteiger partial charge < -0.3 is 9.73 Å². The lowest BCUT2D eigenvalue weighted by Crippen LogP contribution is -2.18. The monoisotopic (exact) mass is 372 g/mol. The van der Waals surface area contributed by atoms with Crippen LogP contribution in [-0.4, -0.2) is 4.98 Å². The molecule has 0 aliphatic rings. The lowest BCUT2D eigenvalue weighted by molar-refractivity contribution is 0.414. The van der Waals surface area contributed by atoms with E-state index in [0.29, 0.717) is 6.54 Å². The largest absolute Gasteiger partial charge is 0.465 e. The van der Waals surface area contributed by atoms with Crippen molar-refractivity contribution in [1.29, 1.82) is 0 Å². The van der Waals surface area contributed by atoms with Crippen LogP contribution in [0.2, 0.25) is 0 Å². The third kappa shape index (κ3) is 3.43. The quantitative estimate of drug-likeness (QED) is 0.865. The Morgan fingerprint density at radius 2 is 2.17 bits per heavy atom. The van der Waals surface area contributed by atoms with Gasteiger partial charge in [0.25, 0.3) is 0 Å². The third-order valence-electron chi connectivity index (χ3n) is 2.65. The molecule has 2 aromatic rings. The summed E-state index contributed by atoms with van der Waals surface area (Å²) in [7, 11) is 0. The molecule has 0 bridgehead atoms. The minimum Gasteiger partial charge on any atom is -0.465 e. The molecule has 0 saturated heterocycles. The molecule has 3 nitrogen and oxygen atoms in total. The molecule has 2 aromatic heterocycles. The number of furan rings is 1. The second kappa shape index (κ2) is 5.99. The second-order valence-corrected chi connectivity index (χ2v) is 5.90. The Hall–Kier alpha value is -0.650. The smallest absolute Gasteiger partial charge is 0.120 e. The first kappa shape index (κ1) is 13.8. The van der Waals surface area contributed by atoms with Crippen molar-refractivity contribution in [3.63, 3.8) is 0 Å². The average molecular weight is 374 g/mol. The maximum absolute atomic E-state index is 5.58. The molecule has 0 saturated carbocycles. The van der Waals surface area contributed by atoms with Crippen LogP contribution in [0, 0.1) is 6.92 Å². The van der Waals surface area contributed by atoms with E-state index in [0.717, 1.165) is 26.2 Å². The van der Waals surface area contributed by atoms with E-state index in [1.54, 1.807) is 6.20 Å². The van der Waals surface area contributed by atoms with Crippen LogP contribution in [0.3, 0.4) is 0 Å². The molecule has 1 atom stereocenters. The van der Waals surface area contributed by atoms with E-state index in [1.165, 1.54) is 0 Å². The number of pyridine rings is 1. The first-order chi connectivity index (χ1) is 8.56. The van der Waals surface area contributed by atoms with Crippen molar-refractivity contribution in [2.24, 2.45) is 0 Å². The number of hydrogen-bond acceptors (Lipinski definition) is 3. The number of rotatable bonds is 4. The molecule has 2 heterocycles. The highest BCUT2D eigenvalue weighted by Crippen LogP contribution is 2.21. The van der Waals surface area contributed by atoms with Crippen molar-refractivity contribution < 1.29 is 4.42 Å². The molecule has 0 aliphatic carbocycles. The lowest BCUT2D eigenvalue weighted by Gasteiger charge is -2.11. The van der Waals surface area contributed by atoms with Crippen LogP contribution in [0.25, 0.3) is 0 Å². The van der Waals surface area contributed by atoms with Crippen molar-refractivity contribution in [3.8, 4) is 0 Å². The summed E-state index contributed by atoms with van der Waals surface area (Å²) in [6, 6.07) is 6.13. The highest BCUT2D eigenvalue weighted by Gasteiger charge is 2.10. The van der Waals surface area contributed by atoms with Crippen LogP contribution in [0.1, 0.15) is 30.2 Å². The Bertz CT molecular complexity index is 540. The van der Waals surface area contributed by atoms with E-state index in [9.17, 15) is 0 Å². The van der Waals surface area contributed by atoms with E-state index in [4.69, 9.17) is 4.42 Å². The molecule has 0 aliphatic heterocycles. The van der Waals surface area contributed by atoms with Crippen LogP contribution < -0.4 is 5.32 Å². The summed E-state index contributed by atoms with van der Waals surface area (Å²) in [5.74, 6) is 1.88. The maximum atomic E-state index is 5.58. The molecule has 96 valence electrons. The number of nitrogens with one attached hydrogen (secondary N) is 1. The first-order valence-electron chi connectivity index (χ1n) is 5.66. The Morgan fingerprint density at radius 3 is 2.78 bits per heavy atom. The number of hydrogen-bond donors (Lipinski definition) is 1. The highest BCUT2D eigenvalue weighted by molar-refractivity contribution is 9.11. The van der Waals surface area contributed by atoms with Crippen LogP contribution >= 0.6 is 31.9 Å². The molecule has 5 heteroatoms. The number of aromatic nitrogens is 1. The fraction of sp³-hybridized carbons (Fsp3) is 0.308. The zero-order valence-corrected chi connectivity index (χ0v) is 13.4. The standard InChI is InChI=1S/C13H14Br2N2O/c1-8-3-4-13(18-8)9(2)16-7-12-11(15)5-10(14)6-17-12/h3-6,9,16H,7H2,1-2H3. The van der Waals surface area contributed by atoms with Gasteiger partial charge in [0, 0.05) is 21.7 Å². The van der Waals surface area contributed by atoms with Gasteiger partial charge in [-0.2, -0.15) is 0 Å². The van der Waals surface area contributed by atoms with Crippen molar-refractivity contribution in [1.82, 2.24) is 10.3 Å². The fourth-order valence-corrected chi connectivity index (χ4v) is 2.74. The normalized spacial score (nSPS) is 12.7. The molecule has 1 unspecified atom stereocenters. The van der Waals surface area contributed by atoms with Gasteiger partial charge in [-0.15, -0.1) is 0 Å². The van der Waals surface area contributed by atoms with Crippen LogP contribution in [0.4, 0.5) is 0 Å². The summed E-state index contributed by atoms with van der Waals surface area (Å²) in [4.78, 5) is 4.36. The van der Waals surface area contributed by atoms with Gasteiger partial charge in [-0.05, 0) is 63.9 Å². The summed E-state index contributed by atoms with van der Waals surface area (Å²) in [6.07, 6.45) is 1.80. The van der Waals surface area contributed by atoms with Gasteiger partial charge in [0.05, 0.1) is 11.7 Å². The van der Waals surface area contributed by atoms with E-state index >= 15 is 0 Å². The SMILES string of the molecule is Cc1ccc(C(C)NCc2ncc(Br)cc2Br)o1. The van der Waals surface area contributed by atoms with Gasteiger partial charge in [0.1, 0.15) is 11.5 Å². The topological polar surface area (TPSA) is 38.1 Å². The van der Waals surface area contributed by atoms with E-state index in [-0.39, 0.29) is 6.04 Å². The first-order valence-corrected chi connectivity index (χ1v) is 7.24. The number of aryl methyl sites for hydroxylation is 1. The fourth-order valence-electron chi connectivity index (χ4n) is 1.61. The molecular formula is C13H14Br2N2O. The minimum absolute atomic E-state index is 0.163. The lowest BCUT2D eigenvalue weighted by atomic mass is 10.2. The van der Waals surface area contributed by atoms with Crippen molar-refractivity contribution in [2.75, 3.05) is 0 Å². The molecule has 0 radical (unpaired) electrons. The number of halogens is 2. The summed E-state index contributed by atoms with van der Waals surface area (Å²) in [5.41, 5.74) is 0.980. The molecule has 0 spiro atoms. The maximum Gasteiger partial charge on any atom is 0.120 e. The van der Waals surface area contributed by atoms with Gasteiger partial charge in [0.15, 0.2) is 0 Å². The second-order valence-electron chi connectivity index (χ2n) is 4.13. The molecule has 0 aromatic carbocycles. The average Bonchev–Trinajstić information content (AvgIpc) is 2.74. The highest BCUT2D eigenvalue weighted by atomic mass is 79.9. The summed E-state index contributed by atoms with van der Waals surface area (Å²) >= 11 is 6.89. The Labute approximate surface area is 123 Å². The van der Waals surface area contributed by atoms with Gasteiger partial charge in [0.2, 0.25) is 0 Å². The molecule has 1 N–H and O–H groups in total. The van der Waals surface area contributed by atoms with E-state index in [1.807, 2.05) is 25.1 Å². The minimum atomic E-state index is 0.163. The molecule has 2 rings (SSSR count). The molecule has 0 fully saturated rings. The van der Waals surface area contributed by atoms with Crippen LogP contribution in [0.15, 0.2) is 37.8 Å². The van der Waals surface area contributed by atoms with Gasteiger partial charge >= 0.3 is 0 Å². The molecule has 0 amide bonds. The number of nitrogens with zero attached hydrogens (tertiary/aromatic N) is 1. The summed E-state index contributed by atoms with van der Waals surface area (Å²) < 4.78 is 7.54. The van der Waals surface area contributed by atoms with Crippen LogP contribution in [-0.2, 0) is 6.54 Å². The zero-order valence-electron chi connectivity index (χ0n) is 10.2. The van der Waals surface area contributed by atoms with Gasteiger partial charge in [-0.25, -0.2) is 0 Å². The predicted molar refractivity (Wildman–Crippen MR) is 78.3 cm³/mol. The van der Waals surface area contributed by atoms with Crippen molar-refractivity contribution in [2.45, 2.75) is 26.4 Å². The van der Waals surface area contributed by atoms with Crippen molar-refractivity contribution in [3.05, 3.63) is 50.6 Å². The molecular weight excluding hydrogens is 360 g/mol. The Morgan fingerprint density at radius 1 is 1.39 bits per heavy atom. The van der Waals surface area contributed by atoms with Crippen LogP contribution in [0.5, 0.6) is 0 Å². The summed E-state index contributed by atoms with van der Waals surface area (Å²) in [5, 5.41) is 3.39. The van der Waals surface area contributed by atoms with Crippen molar-refractivity contribution >= 4 is 31.9 Å². The Balaban J connectivity index is 1.99. The van der Waals surface area contributed by atoms with Gasteiger partial charge in [-0.1, -0.05) is 0 Å². The van der Waals surface area contributed by atoms with Gasteiger partial charge in [-0.3, -0.25) is 4.98 Å². The summed E-state index contributed by atoms with van der Waals surface area (Å²) in [6.45, 7) is 4.71. The van der Waals surface area contributed by atoms with E-state index in [2.05, 4.69) is 49.1 Å².